The van der Waals surface area contributed by atoms with Crippen molar-refractivity contribution in [1.82, 2.24) is 9.97 Å². The molecule has 0 aliphatic carbocycles. The maximum Gasteiger partial charge on any atom is 0.224 e. The van der Waals surface area contributed by atoms with Crippen molar-refractivity contribution in [3.63, 3.8) is 0 Å². The van der Waals surface area contributed by atoms with Crippen molar-refractivity contribution in [1.29, 1.82) is 0 Å². The molecule has 1 aromatic heterocycles. The lowest BCUT2D eigenvalue weighted by Gasteiger charge is -2.12. The zero-order valence-electron chi connectivity index (χ0n) is 13.4. The number of benzene rings is 1. The Morgan fingerprint density at radius 2 is 1.90 bits per heavy atom. The van der Waals surface area contributed by atoms with Crippen molar-refractivity contribution in [3.8, 4) is 11.6 Å². The maximum atomic E-state index is 5.87. The van der Waals surface area contributed by atoms with Crippen molar-refractivity contribution in [2.75, 3.05) is 11.9 Å². The molecule has 0 amide bonds. The van der Waals surface area contributed by atoms with Crippen LogP contribution in [-0.4, -0.2) is 16.5 Å². The average molecular weight is 285 g/mol. The molecule has 0 saturated carbocycles. The van der Waals surface area contributed by atoms with Gasteiger partial charge in [-0.2, -0.15) is 4.98 Å². The van der Waals surface area contributed by atoms with Crippen molar-refractivity contribution < 1.29 is 4.74 Å². The van der Waals surface area contributed by atoms with E-state index in [1.165, 1.54) is 11.1 Å². The number of nitrogens with zero attached hydrogens (tertiary/aromatic N) is 2. The molecular formula is C17H23N3O. The topological polar surface area (TPSA) is 47.0 Å². The van der Waals surface area contributed by atoms with Gasteiger partial charge in [0, 0.05) is 12.6 Å². The van der Waals surface area contributed by atoms with E-state index in [0.717, 1.165) is 18.1 Å². The van der Waals surface area contributed by atoms with Crippen LogP contribution in [0.2, 0.25) is 0 Å². The molecule has 0 atom stereocenters. The Hall–Kier alpha value is -2.10. The van der Waals surface area contributed by atoms with Gasteiger partial charge in [0.05, 0.1) is 0 Å². The molecule has 1 aromatic carbocycles. The summed E-state index contributed by atoms with van der Waals surface area (Å²) in [6.07, 6.45) is 0. The lowest BCUT2D eigenvalue weighted by atomic mass is 9.98. The van der Waals surface area contributed by atoms with E-state index in [1.807, 2.05) is 26.0 Å². The fourth-order valence-corrected chi connectivity index (χ4v) is 2.34. The van der Waals surface area contributed by atoms with E-state index < -0.39 is 0 Å². The summed E-state index contributed by atoms with van der Waals surface area (Å²) in [5.41, 5.74) is 2.58. The van der Waals surface area contributed by atoms with Crippen molar-refractivity contribution in [3.05, 3.63) is 41.2 Å². The van der Waals surface area contributed by atoms with Crippen LogP contribution < -0.4 is 10.1 Å². The van der Waals surface area contributed by atoms with Crippen LogP contribution in [0.4, 0.5) is 5.82 Å². The molecule has 0 spiro atoms. The van der Waals surface area contributed by atoms with Crippen molar-refractivity contribution in [2.24, 2.45) is 0 Å². The molecule has 21 heavy (non-hydrogen) atoms. The van der Waals surface area contributed by atoms with Gasteiger partial charge < -0.3 is 10.1 Å². The van der Waals surface area contributed by atoms with Crippen LogP contribution in [0.3, 0.4) is 0 Å². The smallest absolute Gasteiger partial charge is 0.224 e. The minimum absolute atomic E-state index is 0.515. The van der Waals surface area contributed by atoms with E-state index in [2.05, 4.69) is 48.2 Å². The molecule has 0 bridgehead atoms. The lowest BCUT2D eigenvalue weighted by Crippen LogP contribution is -2.02. The van der Waals surface area contributed by atoms with E-state index in [0.29, 0.717) is 17.6 Å². The number of hydrogen-bond acceptors (Lipinski definition) is 4. The van der Waals surface area contributed by atoms with Gasteiger partial charge in [0.1, 0.15) is 17.4 Å². The van der Waals surface area contributed by atoms with Gasteiger partial charge in [-0.15, -0.1) is 0 Å². The molecule has 0 aliphatic rings. The van der Waals surface area contributed by atoms with Crippen LogP contribution >= 0.6 is 0 Å². The Balaban J connectivity index is 2.23. The highest BCUT2D eigenvalue weighted by molar-refractivity contribution is 5.42. The standard InChI is InChI=1S/C17H23N3O/c1-6-18-16-10-17(20-13(5)19-16)21-14-7-8-15(11(2)3)12(4)9-14/h7-11H,6H2,1-5H3,(H,18,19,20). The summed E-state index contributed by atoms with van der Waals surface area (Å²) >= 11 is 0. The Kier molecular flexibility index (Phi) is 4.78. The van der Waals surface area contributed by atoms with Crippen molar-refractivity contribution >= 4 is 5.82 Å². The summed E-state index contributed by atoms with van der Waals surface area (Å²) < 4.78 is 5.87. The van der Waals surface area contributed by atoms with Gasteiger partial charge in [-0.3, -0.25) is 0 Å². The summed E-state index contributed by atoms with van der Waals surface area (Å²) in [6.45, 7) is 11.2. The quantitative estimate of drug-likeness (QED) is 0.882. The number of rotatable bonds is 5. The molecule has 0 unspecified atom stereocenters. The lowest BCUT2D eigenvalue weighted by molar-refractivity contribution is 0.459. The number of aryl methyl sites for hydroxylation is 2. The molecule has 1 N–H and O–H groups in total. The van der Waals surface area contributed by atoms with Crippen LogP contribution in [0.5, 0.6) is 11.6 Å². The zero-order valence-corrected chi connectivity index (χ0v) is 13.4. The van der Waals surface area contributed by atoms with Gasteiger partial charge >= 0.3 is 0 Å². The molecule has 4 nitrogen and oxygen atoms in total. The minimum Gasteiger partial charge on any atom is -0.439 e. The van der Waals surface area contributed by atoms with Crippen LogP contribution in [0.15, 0.2) is 24.3 Å². The molecule has 0 radical (unpaired) electrons. The number of aromatic nitrogens is 2. The van der Waals surface area contributed by atoms with E-state index >= 15 is 0 Å². The van der Waals surface area contributed by atoms with E-state index in [9.17, 15) is 0 Å². The first-order valence-corrected chi connectivity index (χ1v) is 7.37. The third-order valence-corrected chi connectivity index (χ3v) is 3.26. The third kappa shape index (κ3) is 3.94. The molecule has 0 saturated heterocycles. The number of anilines is 1. The monoisotopic (exact) mass is 285 g/mol. The van der Waals surface area contributed by atoms with Gasteiger partial charge in [-0.25, -0.2) is 4.98 Å². The SMILES string of the molecule is CCNc1cc(Oc2ccc(C(C)C)c(C)c2)nc(C)n1. The van der Waals surface area contributed by atoms with E-state index in [4.69, 9.17) is 4.74 Å². The summed E-state index contributed by atoms with van der Waals surface area (Å²) in [6, 6.07) is 7.99. The average Bonchev–Trinajstić information content (AvgIpc) is 2.37. The number of nitrogens with one attached hydrogen (secondary N) is 1. The van der Waals surface area contributed by atoms with Crippen LogP contribution in [-0.2, 0) is 0 Å². The summed E-state index contributed by atoms with van der Waals surface area (Å²) in [5, 5.41) is 3.18. The van der Waals surface area contributed by atoms with Gasteiger partial charge in [0.25, 0.3) is 0 Å². The maximum absolute atomic E-state index is 5.87. The fourth-order valence-electron chi connectivity index (χ4n) is 2.34. The first kappa shape index (κ1) is 15.3. The van der Waals surface area contributed by atoms with Crippen LogP contribution in [0.25, 0.3) is 0 Å². The first-order chi connectivity index (χ1) is 9.99. The third-order valence-electron chi connectivity index (χ3n) is 3.26. The van der Waals surface area contributed by atoms with Gasteiger partial charge in [0.2, 0.25) is 5.88 Å². The van der Waals surface area contributed by atoms with Crippen LogP contribution in [0, 0.1) is 13.8 Å². The fraction of sp³-hybridized carbons (Fsp3) is 0.412. The molecule has 4 heteroatoms. The number of hydrogen-bond donors (Lipinski definition) is 1. The molecule has 2 aromatic rings. The first-order valence-electron chi connectivity index (χ1n) is 7.37. The normalized spacial score (nSPS) is 10.8. The molecular weight excluding hydrogens is 262 g/mol. The van der Waals surface area contributed by atoms with E-state index in [1.54, 1.807) is 0 Å². The molecule has 112 valence electrons. The largest absolute Gasteiger partial charge is 0.439 e. The molecule has 0 fully saturated rings. The van der Waals surface area contributed by atoms with Crippen LogP contribution in [0.1, 0.15) is 43.6 Å². The van der Waals surface area contributed by atoms with E-state index in [-0.39, 0.29) is 0 Å². The molecule has 2 rings (SSSR count). The Bertz CT molecular complexity index is 623. The minimum atomic E-state index is 0.515. The van der Waals surface area contributed by atoms with Gasteiger partial charge in [0.15, 0.2) is 0 Å². The molecule has 1 heterocycles. The Morgan fingerprint density at radius 1 is 1.14 bits per heavy atom. The summed E-state index contributed by atoms with van der Waals surface area (Å²) in [7, 11) is 0. The van der Waals surface area contributed by atoms with Gasteiger partial charge in [-0.1, -0.05) is 19.9 Å². The second-order valence-corrected chi connectivity index (χ2v) is 5.44. The summed E-state index contributed by atoms with van der Waals surface area (Å²) in [4.78, 5) is 8.64. The Morgan fingerprint density at radius 3 is 2.52 bits per heavy atom. The highest BCUT2D eigenvalue weighted by Crippen LogP contribution is 2.27. The second-order valence-electron chi connectivity index (χ2n) is 5.44. The second kappa shape index (κ2) is 6.57. The van der Waals surface area contributed by atoms with Gasteiger partial charge in [-0.05, 0) is 49.9 Å². The predicted molar refractivity (Wildman–Crippen MR) is 86.3 cm³/mol. The number of ether oxygens (including phenoxy) is 1. The van der Waals surface area contributed by atoms with Crippen molar-refractivity contribution in [2.45, 2.75) is 40.5 Å². The highest BCUT2D eigenvalue weighted by atomic mass is 16.5. The zero-order chi connectivity index (χ0) is 15.4. The summed E-state index contributed by atoms with van der Waals surface area (Å²) in [5.74, 6) is 3.36. The predicted octanol–water partition coefficient (Wildman–Crippen LogP) is 4.44. The highest BCUT2D eigenvalue weighted by Gasteiger charge is 2.07. The Labute approximate surface area is 126 Å². The molecule has 0 aliphatic heterocycles.